The quantitative estimate of drug-likeness (QED) is 0.882. The molecule has 1 aromatic rings. The summed E-state index contributed by atoms with van der Waals surface area (Å²) in [5.41, 5.74) is -0.151. The van der Waals surface area contributed by atoms with Crippen LogP contribution in [0.2, 0.25) is 0 Å². The lowest BCUT2D eigenvalue weighted by Gasteiger charge is -2.35. The van der Waals surface area contributed by atoms with Crippen molar-refractivity contribution < 1.29 is 14.7 Å². The normalized spacial score (nSPS) is 23.1. The molecule has 1 saturated heterocycles. The molecule has 1 saturated carbocycles. The van der Waals surface area contributed by atoms with Crippen molar-refractivity contribution >= 4 is 11.8 Å². The van der Waals surface area contributed by atoms with Gasteiger partial charge in [0.15, 0.2) is 0 Å². The summed E-state index contributed by atoms with van der Waals surface area (Å²) in [7, 11) is 0. The van der Waals surface area contributed by atoms with Crippen LogP contribution in [-0.2, 0) is 4.79 Å². The highest BCUT2D eigenvalue weighted by Gasteiger charge is 2.33. The van der Waals surface area contributed by atoms with Crippen molar-refractivity contribution in [3.8, 4) is 0 Å². The standard InChI is InChI=1S/C20H28N2O3/c23-18(14-20(25)11-5-2-6-12-20)21-17-10-7-13-22(15-17)19(24)16-8-3-1-4-9-16/h1,3-4,8-9,17,25H,2,5-7,10-15H2,(H,21,23). The zero-order valence-corrected chi connectivity index (χ0v) is 14.7. The van der Waals surface area contributed by atoms with E-state index in [2.05, 4.69) is 5.32 Å². The average Bonchev–Trinajstić information content (AvgIpc) is 2.62. The van der Waals surface area contributed by atoms with E-state index in [9.17, 15) is 14.7 Å². The van der Waals surface area contributed by atoms with Crippen molar-refractivity contribution in [3.63, 3.8) is 0 Å². The molecule has 5 heteroatoms. The highest BCUT2D eigenvalue weighted by Crippen LogP contribution is 2.30. The second-order valence-electron chi connectivity index (χ2n) is 7.49. The number of aliphatic hydroxyl groups is 1. The van der Waals surface area contributed by atoms with Gasteiger partial charge in [-0.15, -0.1) is 0 Å². The van der Waals surface area contributed by atoms with E-state index in [0.29, 0.717) is 24.9 Å². The van der Waals surface area contributed by atoms with Gasteiger partial charge in [-0.3, -0.25) is 9.59 Å². The van der Waals surface area contributed by atoms with E-state index in [4.69, 9.17) is 0 Å². The molecule has 2 amide bonds. The first-order valence-electron chi connectivity index (χ1n) is 9.42. The van der Waals surface area contributed by atoms with Crippen LogP contribution in [-0.4, -0.2) is 46.6 Å². The number of nitrogens with one attached hydrogen (secondary N) is 1. The van der Waals surface area contributed by atoms with Crippen LogP contribution in [0.4, 0.5) is 0 Å². The predicted octanol–water partition coefficient (Wildman–Crippen LogP) is 2.49. The summed E-state index contributed by atoms with van der Waals surface area (Å²) in [6.07, 6.45) is 6.49. The summed E-state index contributed by atoms with van der Waals surface area (Å²) in [6, 6.07) is 9.24. The number of benzene rings is 1. The number of carbonyl (C=O) groups is 2. The number of rotatable bonds is 4. The second kappa shape index (κ2) is 8.00. The molecule has 3 rings (SSSR count). The number of piperidine rings is 1. The largest absolute Gasteiger partial charge is 0.389 e. The Kier molecular flexibility index (Phi) is 5.74. The SMILES string of the molecule is O=C(CC1(O)CCCCC1)NC1CCCN(C(=O)c2ccccc2)C1. The fourth-order valence-electron chi connectivity index (χ4n) is 4.01. The Morgan fingerprint density at radius 2 is 1.84 bits per heavy atom. The fraction of sp³-hybridized carbons (Fsp3) is 0.600. The number of likely N-dealkylation sites (tertiary alicyclic amines) is 1. The minimum atomic E-state index is -0.837. The van der Waals surface area contributed by atoms with Gasteiger partial charge in [0, 0.05) is 24.7 Å². The van der Waals surface area contributed by atoms with Gasteiger partial charge in [-0.1, -0.05) is 37.5 Å². The molecule has 1 heterocycles. The molecule has 1 aromatic carbocycles. The summed E-state index contributed by atoms with van der Waals surface area (Å²) in [4.78, 5) is 26.7. The number of amides is 2. The van der Waals surface area contributed by atoms with Gasteiger partial charge in [0.25, 0.3) is 5.91 Å². The molecule has 5 nitrogen and oxygen atoms in total. The topological polar surface area (TPSA) is 69.6 Å². The Labute approximate surface area is 149 Å². The van der Waals surface area contributed by atoms with Gasteiger partial charge < -0.3 is 15.3 Å². The Balaban J connectivity index is 1.53. The highest BCUT2D eigenvalue weighted by molar-refractivity contribution is 5.94. The van der Waals surface area contributed by atoms with E-state index in [1.54, 1.807) is 0 Å². The summed E-state index contributed by atoms with van der Waals surface area (Å²) >= 11 is 0. The summed E-state index contributed by atoms with van der Waals surface area (Å²) < 4.78 is 0. The van der Waals surface area contributed by atoms with Crippen LogP contribution in [0.25, 0.3) is 0 Å². The average molecular weight is 344 g/mol. The first-order chi connectivity index (χ1) is 12.1. The third kappa shape index (κ3) is 4.82. The predicted molar refractivity (Wildman–Crippen MR) is 96.2 cm³/mol. The minimum Gasteiger partial charge on any atom is -0.389 e. The van der Waals surface area contributed by atoms with Gasteiger partial charge >= 0.3 is 0 Å². The lowest BCUT2D eigenvalue weighted by atomic mass is 9.82. The summed E-state index contributed by atoms with van der Waals surface area (Å²) in [6.45, 7) is 1.27. The van der Waals surface area contributed by atoms with Gasteiger partial charge in [0.05, 0.1) is 12.0 Å². The lowest BCUT2D eigenvalue weighted by molar-refractivity contribution is -0.128. The second-order valence-corrected chi connectivity index (χ2v) is 7.49. The van der Waals surface area contributed by atoms with Crippen LogP contribution in [0.15, 0.2) is 30.3 Å². The molecule has 0 radical (unpaired) electrons. The molecule has 1 unspecified atom stereocenters. The molecule has 1 atom stereocenters. The van der Waals surface area contributed by atoms with Crippen LogP contribution >= 0.6 is 0 Å². The van der Waals surface area contributed by atoms with Gasteiger partial charge in [-0.2, -0.15) is 0 Å². The summed E-state index contributed by atoms with van der Waals surface area (Å²) in [5.74, 6) is -0.0751. The molecule has 1 aliphatic heterocycles. The van der Waals surface area contributed by atoms with E-state index < -0.39 is 5.60 Å². The molecule has 0 spiro atoms. The smallest absolute Gasteiger partial charge is 0.253 e. The van der Waals surface area contributed by atoms with Crippen LogP contribution in [0.1, 0.15) is 61.7 Å². The fourth-order valence-corrected chi connectivity index (χ4v) is 4.01. The number of hydrogen-bond donors (Lipinski definition) is 2. The Hall–Kier alpha value is -1.88. The van der Waals surface area contributed by atoms with Crippen molar-refractivity contribution in [2.45, 2.75) is 63.0 Å². The maximum Gasteiger partial charge on any atom is 0.253 e. The van der Waals surface area contributed by atoms with Crippen LogP contribution in [0.5, 0.6) is 0 Å². The molecular formula is C20H28N2O3. The van der Waals surface area contributed by atoms with Gasteiger partial charge in [-0.25, -0.2) is 0 Å². The Morgan fingerprint density at radius 3 is 2.56 bits per heavy atom. The van der Waals surface area contributed by atoms with Crippen molar-refractivity contribution in [3.05, 3.63) is 35.9 Å². The number of hydrogen-bond acceptors (Lipinski definition) is 3. The van der Waals surface area contributed by atoms with E-state index >= 15 is 0 Å². The third-order valence-electron chi connectivity index (χ3n) is 5.37. The zero-order valence-electron chi connectivity index (χ0n) is 14.7. The van der Waals surface area contributed by atoms with E-state index in [1.165, 1.54) is 0 Å². The molecule has 2 N–H and O–H groups in total. The molecule has 25 heavy (non-hydrogen) atoms. The minimum absolute atomic E-state index is 0.0189. The molecule has 0 aromatic heterocycles. The molecule has 2 fully saturated rings. The maximum absolute atomic E-state index is 12.6. The molecule has 1 aliphatic carbocycles. The maximum atomic E-state index is 12.6. The first kappa shape index (κ1) is 17.9. The van der Waals surface area contributed by atoms with E-state index in [0.717, 1.165) is 38.6 Å². The molecule has 136 valence electrons. The monoisotopic (exact) mass is 344 g/mol. The van der Waals surface area contributed by atoms with Crippen molar-refractivity contribution in [1.29, 1.82) is 0 Å². The van der Waals surface area contributed by atoms with E-state index in [-0.39, 0.29) is 24.3 Å². The van der Waals surface area contributed by atoms with Crippen molar-refractivity contribution in [1.82, 2.24) is 10.2 Å². The van der Waals surface area contributed by atoms with E-state index in [1.807, 2.05) is 35.2 Å². The summed E-state index contributed by atoms with van der Waals surface area (Å²) in [5, 5.41) is 13.6. The Bertz CT molecular complexity index is 596. The zero-order chi connectivity index (χ0) is 17.7. The van der Waals surface area contributed by atoms with Crippen LogP contribution in [0.3, 0.4) is 0 Å². The van der Waals surface area contributed by atoms with Crippen molar-refractivity contribution in [2.75, 3.05) is 13.1 Å². The first-order valence-corrected chi connectivity index (χ1v) is 9.42. The number of nitrogens with zero attached hydrogens (tertiary/aromatic N) is 1. The Morgan fingerprint density at radius 1 is 1.12 bits per heavy atom. The highest BCUT2D eigenvalue weighted by atomic mass is 16.3. The van der Waals surface area contributed by atoms with Crippen molar-refractivity contribution in [2.24, 2.45) is 0 Å². The van der Waals surface area contributed by atoms with Crippen LogP contribution < -0.4 is 5.32 Å². The lowest BCUT2D eigenvalue weighted by Crippen LogP contribution is -2.51. The number of carbonyl (C=O) groups excluding carboxylic acids is 2. The van der Waals surface area contributed by atoms with Gasteiger partial charge in [-0.05, 0) is 37.8 Å². The van der Waals surface area contributed by atoms with Gasteiger partial charge in [0.1, 0.15) is 0 Å². The third-order valence-corrected chi connectivity index (χ3v) is 5.37. The van der Waals surface area contributed by atoms with Gasteiger partial charge in [0.2, 0.25) is 5.91 Å². The molecule has 2 aliphatic rings. The molecule has 0 bridgehead atoms. The van der Waals surface area contributed by atoms with Crippen LogP contribution in [0, 0.1) is 0 Å². The molecular weight excluding hydrogens is 316 g/mol.